The molecule has 106 valence electrons. The summed E-state index contributed by atoms with van der Waals surface area (Å²) in [5.74, 6) is -0.746. The minimum atomic E-state index is -0.796. The number of nitrogens with one attached hydrogen (secondary N) is 1. The first-order valence-corrected chi connectivity index (χ1v) is 7.18. The summed E-state index contributed by atoms with van der Waals surface area (Å²) in [7, 11) is 0. The van der Waals surface area contributed by atoms with Gasteiger partial charge in [-0.25, -0.2) is 0 Å². The summed E-state index contributed by atoms with van der Waals surface area (Å²) in [5, 5.41) is 12.4. The SMILES string of the molecule is CCNC(C)(CCN1C(C)CCC1CC)C(=O)O. The van der Waals surface area contributed by atoms with Crippen molar-refractivity contribution in [1.29, 1.82) is 0 Å². The predicted molar refractivity (Wildman–Crippen MR) is 73.8 cm³/mol. The van der Waals surface area contributed by atoms with Crippen LogP contribution in [0.25, 0.3) is 0 Å². The molecule has 0 aromatic heterocycles. The van der Waals surface area contributed by atoms with Gasteiger partial charge in [0.05, 0.1) is 0 Å². The summed E-state index contributed by atoms with van der Waals surface area (Å²) in [4.78, 5) is 13.9. The van der Waals surface area contributed by atoms with E-state index in [1.54, 1.807) is 6.92 Å². The Balaban J connectivity index is 2.58. The highest BCUT2D eigenvalue weighted by Gasteiger charge is 2.35. The predicted octanol–water partition coefficient (Wildman–Crippen LogP) is 2.09. The minimum Gasteiger partial charge on any atom is -0.480 e. The van der Waals surface area contributed by atoms with Crippen LogP contribution in [0, 0.1) is 0 Å². The molecule has 4 heteroatoms. The van der Waals surface area contributed by atoms with E-state index >= 15 is 0 Å². The van der Waals surface area contributed by atoms with Crippen molar-refractivity contribution in [2.75, 3.05) is 13.1 Å². The van der Waals surface area contributed by atoms with Crippen molar-refractivity contribution in [2.45, 2.75) is 71.0 Å². The first-order valence-electron chi connectivity index (χ1n) is 7.18. The van der Waals surface area contributed by atoms with E-state index in [1.165, 1.54) is 12.8 Å². The molecular formula is C14H28N2O2. The van der Waals surface area contributed by atoms with Crippen molar-refractivity contribution in [3.8, 4) is 0 Å². The zero-order chi connectivity index (χ0) is 13.8. The fourth-order valence-corrected chi connectivity index (χ4v) is 2.98. The largest absolute Gasteiger partial charge is 0.480 e. The topological polar surface area (TPSA) is 52.6 Å². The molecule has 1 rings (SSSR count). The van der Waals surface area contributed by atoms with E-state index in [9.17, 15) is 9.90 Å². The van der Waals surface area contributed by atoms with E-state index < -0.39 is 11.5 Å². The van der Waals surface area contributed by atoms with Crippen LogP contribution in [0.5, 0.6) is 0 Å². The molecule has 1 aliphatic rings. The van der Waals surface area contributed by atoms with E-state index in [0.29, 0.717) is 25.0 Å². The quantitative estimate of drug-likeness (QED) is 0.732. The van der Waals surface area contributed by atoms with Crippen LogP contribution in [-0.2, 0) is 4.79 Å². The van der Waals surface area contributed by atoms with Gasteiger partial charge in [0.15, 0.2) is 0 Å². The molecule has 18 heavy (non-hydrogen) atoms. The van der Waals surface area contributed by atoms with Gasteiger partial charge in [-0.3, -0.25) is 9.69 Å². The van der Waals surface area contributed by atoms with Crippen molar-refractivity contribution >= 4 is 5.97 Å². The van der Waals surface area contributed by atoms with Gasteiger partial charge in [0.25, 0.3) is 0 Å². The molecule has 0 aromatic carbocycles. The molecule has 0 aromatic rings. The fourth-order valence-electron chi connectivity index (χ4n) is 2.98. The van der Waals surface area contributed by atoms with Crippen molar-refractivity contribution in [3.63, 3.8) is 0 Å². The van der Waals surface area contributed by atoms with Crippen LogP contribution in [0.2, 0.25) is 0 Å². The van der Waals surface area contributed by atoms with Crippen LogP contribution >= 0.6 is 0 Å². The first kappa shape index (κ1) is 15.4. The lowest BCUT2D eigenvalue weighted by Crippen LogP contribution is -2.52. The molecule has 0 radical (unpaired) electrons. The maximum atomic E-state index is 11.4. The van der Waals surface area contributed by atoms with E-state index in [1.807, 2.05) is 6.92 Å². The Bertz CT molecular complexity index is 283. The van der Waals surface area contributed by atoms with Gasteiger partial charge < -0.3 is 10.4 Å². The third-order valence-corrected chi connectivity index (χ3v) is 4.33. The highest BCUT2D eigenvalue weighted by molar-refractivity contribution is 5.78. The maximum Gasteiger partial charge on any atom is 0.323 e. The first-order chi connectivity index (χ1) is 8.44. The second-order valence-electron chi connectivity index (χ2n) is 5.64. The van der Waals surface area contributed by atoms with Crippen molar-refractivity contribution in [3.05, 3.63) is 0 Å². The molecule has 1 saturated heterocycles. The van der Waals surface area contributed by atoms with E-state index in [4.69, 9.17) is 0 Å². The van der Waals surface area contributed by atoms with Crippen LogP contribution in [0.4, 0.5) is 0 Å². The Morgan fingerprint density at radius 2 is 2.11 bits per heavy atom. The van der Waals surface area contributed by atoms with E-state index in [0.717, 1.165) is 13.0 Å². The summed E-state index contributed by atoms with van der Waals surface area (Å²) in [6.45, 7) is 9.78. The molecule has 1 aliphatic heterocycles. The number of likely N-dealkylation sites (tertiary alicyclic amines) is 1. The van der Waals surface area contributed by atoms with Crippen molar-refractivity contribution in [2.24, 2.45) is 0 Å². The summed E-state index contributed by atoms with van der Waals surface area (Å²) in [6, 6.07) is 1.23. The van der Waals surface area contributed by atoms with Gasteiger partial charge in [-0.15, -0.1) is 0 Å². The van der Waals surface area contributed by atoms with Crippen molar-refractivity contribution in [1.82, 2.24) is 10.2 Å². The number of carboxylic acids is 1. The lowest BCUT2D eigenvalue weighted by atomic mass is 9.97. The molecule has 0 amide bonds. The average molecular weight is 256 g/mol. The van der Waals surface area contributed by atoms with Crippen LogP contribution in [-0.4, -0.2) is 46.7 Å². The number of carboxylic acid groups (broad SMARTS) is 1. The number of hydrogen-bond donors (Lipinski definition) is 2. The molecule has 1 fully saturated rings. The normalized spacial score (nSPS) is 28.2. The Kier molecular flexibility index (Phi) is 5.60. The standard InChI is InChI=1S/C14H28N2O2/c1-5-12-8-7-11(3)16(12)10-9-14(4,13(17)18)15-6-2/h11-12,15H,5-10H2,1-4H3,(H,17,18). The summed E-state index contributed by atoms with van der Waals surface area (Å²) >= 11 is 0. The fraction of sp³-hybridized carbons (Fsp3) is 0.929. The summed E-state index contributed by atoms with van der Waals surface area (Å²) in [5.41, 5.74) is -0.796. The van der Waals surface area contributed by atoms with Gasteiger partial charge in [-0.2, -0.15) is 0 Å². The van der Waals surface area contributed by atoms with Gasteiger partial charge in [0, 0.05) is 18.6 Å². The van der Waals surface area contributed by atoms with Gasteiger partial charge in [-0.05, 0) is 46.1 Å². The zero-order valence-electron chi connectivity index (χ0n) is 12.2. The van der Waals surface area contributed by atoms with Gasteiger partial charge in [0.1, 0.15) is 5.54 Å². The van der Waals surface area contributed by atoms with E-state index in [2.05, 4.69) is 24.1 Å². The average Bonchev–Trinajstić information content (AvgIpc) is 2.67. The Morgan fingerprint density at radius 3 is 2.61 bits per heavy atom. The number of nitrogens with zero attached hydrogens (tertiary/aromatic N) is 1. The number of rotatable bonds is 7. The molecule has 2 N–H and O–H groups in total. The molecule has 0 saturated carbocycles. The maximum absolute atomic E-state index is 11.4. The molecule has 3 unspecified atom stereocenters. The number of carbonyl (C=O) groups is 1. The Hall–Kier alpha value is -0.610. The molecule has 0 aliphatic carbocycles. The number of hydrogen-bond acceptors (Lipinski definition) is 3. The van der Waals surface area contributed by atoms with Gasteiger partial charge >= 0.3 is 5.97 Å². The lowest BCUT2D eigenvalue weighted by molar-refractivity contribution is -0.144. The highest BCUT2D eigenvalue weighted by Crippen LogP contribution is 2.27. The van der Waals surface area contributed by atoms with Crippen molar-refractivity contribution < 1.29 is 9.90 Å². The number of likely N-dealkylation sites (N-methyl/N-ethyl adjacent to an activating group) is 1. The summed E-state index contributed by atoms with van der Waals surface area (Å²) < 4.78 is 0. The van der Waals surface area contributed by atoms with Crippen LogP contribution in [0.15, 0.2) is 0 Å². The zero-order valence-corrected chi connectivity index (χ0v) is 12.2. The second-order valence-corrected chi connectivity index (χ2v) is 5.64. The van der Waals surface area contributed by atoms with Crippen LogP contribution < -0.4 is 5.32 Å². The Labute approximate surface area is 111 Å². The molecular weight excluding hydrogens is 228 g/mol. The van der Waals surface area contributed by atoms with Crippen LogP contribution in [0.1, 0.15) is 53.4 Å². The monoisotopic (exact) mass is 256 g/mol. The molecule has 0 bridgehead atoms. The second kappa shape index (κ2) is 6.53. The van der Waals surface area contributed by atoms with E-state index in [-0.39, 0.29) is 0 Å². The van der Waals surface area contributed by atoms with Crippen LogP contribution in [0.3, 0.4) is 0 Å². The smallest absolute Gasteiger partial charge is 0.323 e. The molecule has 3 atom stereocenters. The van der Waals surface area contributed by atoms with Gasteiger partial charge in [-0.1, -0.05) is 13.8 Å². The summed E-state index contributed by atoms with van der Waals surface area (Å²) in [6.07, 6.45) is 4.32. The third-order valence-electron chi connectivity index (χ3n) is 4.33. The molecule has 1 heterocycles. The lowest BCUT2D eigenvalue weighted by Gasteiger charge is -2.32. The number of aliphatic carboxylic acids is 1. The highest BCUT2D eigenvalue weighted by atomic mass is 16.4. The third kappa shape index (κ3) is 3.45. The minimum absolute atomic E-state index is 0.592. The molecule has 0 spiro atoms. The molecule has 4 nitrogen and oxygen atoms in total. The Morgan fingerprint density at radius 1 is 1.44 bits per heavy atom. The van der Waals surface area contributed by atoms with Gasteiger partial charge in [0.2, 0.25) is 0 Å².